The lowest BCUT2D eigenvalue weighted by molar-refractivity contribution is 0.215. The summed E-state index contributed by atoms with van der Waals surface area (Å²) in [6.07, 6.45) is 3.88. The molecule has 1 aromatic rings. The Hall–Kier alpha value is -0.340. The summed E-state index contributed by atoms with van der Waals surface area (Å²) in [5.74, 6) is 0.921. The summed E-state index contributed by atoms with van der Waals surface area (Å²) in [5.41, 5.74) is 1.45. The SMILES string of the molecule is CN(CCc1ccccc1)CC1CC(Br)C1. The zero-order valence-electron chi connectivity index (χ0n) is 9.90. The van der Waals surface area contributed by atoms with E-state index in [9.17, 15) is 0 Å². The molecule has 0 saturated heterocycles. The molecule has 0 N–H and O–H groups in total. The van der Waals surface area contributed by atoms with Crippen LogP contribution in [-0.4, -0.2) is 29.9 Å². The molecule has 1 aromatic carbocycles. The highest BCUT2D eigenvalue weighted by atomic mass is 79.9. The van der Waals surface area contributed by atoms with Crippen LogP contribution in [0.1, 0.15) is 18.4 Å². The lowest BCUT2D eigenvalue weighted by Crippen LogP contribution is -2.35. The fraction of sp³-hybridized carbons (Fsp3) is 0.571. The quantitative estimate of drug-likeness (QED) is 0.749. The van der Waals surface area contributed by atoms with Gasteiger partial charge in [-0.1, -0.05) is 46.3 Å². The number of likely N-dealkylation sites (N-methyl/N-ethyl adjacent to an activating group) is 1. The van der Waals surface area contributed by atoms with Crippen LogP contribution in [0.2, 0.25) is 0 Å². The molecule has 0 unspecified atom stereocenters. The fourth-order valence-electron chi connectivity index (χ4n) is 2.30. The second kappa shape index (κ2) is 5.83. The summed E-state index contributed by atoms with van der Waals surface area (Å²) < 4.78 is 0. The molecule has 2 rings (SSSR count). The first-order valence-corrected chi connectivity index (χ1v) is 7.02. The van der Waals surface area contributed by atoms with E-state index in [-0.39, 0.29) is 0 Å². The smallest absolute Gasteiger partial charge is 0.0152 e. The predicted octanol–water partition coefficient (Wildman–Crippen LogP) is 3.33. The van der Waals surface area contributed by atoms with Crippen molar-refractivity contribution in [3.8, 4) is 0 Å². The van der Waals surface area contributed by atoms with Crippen LogP contribution in [0.3, 0.4) is 0 Å². The van der Waals surface area contributed by atoms with Gasteiger partial charge in [0.15, 0.2) is 0 Å². The summed E-state index contributed by atoms with van der Waals surface area (Å²) in [7, 11) is 2.24. The number of alkyl halides is 1. The molecule has 16 heavy (non-hydrogen) atoms. The third-order valence-electron chi connectivity index (χ3n) is 3.37. The van der Waals surface area contributed by atoms with Crippen molar-refractivity contribution in [3.63, 3.8) is 0 Å². The molecular formula is C14H20BrN. The normalized spacial score (nSPS) is 24.4. The molecule has 1 nitrogen and oxygen atoms in total. The number of hydrogen-bond acceptors (Lipinski definition) is 1. The van der Waals surface area contributed by atoms with Crippen LogP contribution >= 0.6 is 15.9 Å². The van der Waals surface area contributed by atoms with Crippen molar-refractivity contribution in [3.05, 3.63) is 35.9 Å². The molecule has 1 aliphatic carbocycles. The molecule has 0 radical (unpaired) electrons. The topological polar surface area (TPSA) is 3.24 Å². The lowest BCUT2D eigenvalue weighted by Gasteiger charge is -2.34. The maximum absolute atomic E-state index is 3.65. The standard InChI is InChI=1S/C14H20BrN/c1-16(11-13-9-14(15)10-13)8-7-12-5-3-2-4-6-12/h2-6,13-14H,7-11H2,1H3. The van der Waals surface area contributed by atoms with E-state index in [0.717, 1.165) is 10.7 Å². The number of nitrogens with zero attached hydrogens (tertiary/aromatic N) is 1. The molecule has 1 saturated carbocycles. The van der Waals surface area contributed by atoms with Gasteiger partial charge in [-0.05, 0) is 37.8 Å². The third kappa shape index (κ3) is 3.60. The minimum absolute atomic E-state index is 0.792. The van der Waals surface area contributed by atoms with Gasteiger partial charge in [-0.3, -0.25) is 0 Å². The van der Waals surface area contributed by atoms with Crippen molar-refractivity contribution in [2.24, 2.45) is 5.92 Å². The third-order valence-corrected chi connectivity index (χ3v) is 4.12. The second-order valence-corrected chi connectivity index (χ2v) is 6.23. The highest BCUT2D eigenvalue weighted by Crippen LogP contribution is 2.33. The van der Waals surface area contributed by atoms with Gasteiger partial charge < -0.3 is 4.90 Å². The van der Waals surface area contributed by atoms with Crippen LogP contribution in [0.25, 0.3) is 0 Å². The summed E-state index contributed by atoms with van der Waals surface area (Å²) >= 11 is 3.65. The molecule has 1 aliphatic rings. The van der Waals surface area contributed by atoms with E-state index in [1.54, 1.807) is 0 Å². The van der Waals surface area contributed by atoms with Crippen molar-refractivity contribution < 1.29 is 0 Å². The Bertz CT molecular complexity index is 306. The van der Waals surface area contributed by atoms with Crippen LogP contribution in [0.4, 0.5) is 0 Å². The van der Waals surface area contributed by atoms with Crippen LogP contribution in [0, 0.1) is 5.92 Å². The monoisotopic (exact) mass is 281 g/mol. The average Bonchev–Trinajstić information content (AvgIpc) is 2.26. The Morgan fingerprint density at radius 1 is 1.25 bits per heavy atom. The minimum Gasteiger partial charge on any atom is -0.306 e. The highest BCUT2D eigenvalue weighted by Gasteiger charge is 2.27. The van der Waals surface area contributed by atoms with Gasteiger partial charge in [-0.15, -0.1) is 0 Å². The van der Waals surface area contributed by atoms with Crippen LogP contribution in [0.15, 0.2) is 30.3 Å². The molecule has 0 aliphatic heterocycles. The zero-order valence-corrected chi connectivity index (χ0v) is 11.5. The Morgan fingerprint density at radius 2 is 1.94 bits per heavy atom. The first kappa shape index (κ1) is 12.1. The maximum atomic E-state index is 3.65. The molecule has 0 amide bonds. The van der Waals surface area contributed by atoms with Crippen LogP contribution in [0.5, 0.6) is 0 Å². The molecule has 2 heteroatoms. The molecule has 0 atom stereocenters. The number of halogens is 1. The van der Waals surface area contributed by atoms with Crippen LogP contribution < -0.4 is 0 Å². The van der Waals surface area contributed by atoms with E-state index in [1.807, 2.05) is 0 Å². The van der Waals surface area contributed by atoms with E-state index < -0.39 is 0 Å². The Morgan fingerprint density at radius 3 is 2.56 bits per heavy atom. The average molecular weight is 282 g/mol. The summed E-state index contributed by atoms with van der Waals surface area (Å²) in [4.78, 5) is 3.26. The van der Waals surface area contributed by atoms with Gasteiger partial charge in [-0.2, -0.15) is 0 Å². The van der Waals surface area contributed by atoms with E-state index in [0.29, 0.717) is 0 Å². The van der Waals surface area contributed by atoms with Crippen molar-refractivity contribution in [2.75, 3.05) is 20.1 Å². The fourth-order valence-corrected chi connectivity index (χ4v) is 3.36. The molecular weight excluding hydrogens is 262 g/mol. The summed E-state index contributed by atoms with van der Waals surface area (Å²) in [6.45, 7) is 2.43. The molecule has 88 valence electrons. The summed E-state index contributed by atoms with van der Waals surface area (Å²) in [5, 5.41) is 0. The summed E-state index contributed by atoms with van der Waals surface area (Å²) in [6, 6.07) is 10.8. The number of hydrogen-bond donors (Lipinski definition) is 0. The van der Waals surface area contributed by atoms with Gasteiger partial charge >= 0.3 is 0 Å². The first-order valence-electron chi connectivity index (χ1n) is 6.10. The van der Waals surface area contributed by atoms with Gasteiger partial charge in [0, 0.05) is 17.9 Å². The highest BCUT2D eigenvalue weighted by molar-refractivity contribution is 9.09. The van der Waals surface area contributed by atoms with Gasteiger partial charge in [-0.25, -0.2) is 0 Å². The van der Waals surface area contributed by atoms with E-state index in [4.69, 9.17) is 0 Å². The van der Waals surface area contributed by atoms with Gasteiger partial charge in [0.1, 0.15) is 0 Å². The van der Waals surface area contributed by atoms with Crippen molar-refractivity contribution in [1.29, 1.82) is 0 Å². The first-order chi connectivity index (χ1) is 7.74. The Balaban J connectivity index is 1.66. The van der Waals surface area contributed by atoms with Crippen LogP contribution in [-0.2, 0) is 6.42 Å². The largest absolute Gasteiger partial charge is 0.306 e. The molecule has 0 aromatic heterocycles. The van der Waals surface area contributed by atoms with Crippen molar-refractivity contribution in [1.82, 2.24) is 4.90 Å². The zero-order chi connectivity index (χ0) is 11.4. The Labute approximate surface area is 107 Å². The van der Waals surface area contributed by atoms with E-state index >= 15 is 0 Å². The van der Waals surface area contributed by atoms with Gasteiger partial charge in [0.25, 0.3) is 0 Å². The van der Waals surface area contributed by atoms with Gasteiger partial charge in [0.05, 0.1) is 0 Å². The Kier molecular flexibility index (Phi) is 4.42. The van der Waals surface area contributed by atoms with E-state index in [1.165, 1.54) is 37.9 Å². The lowest BCUT2D eigenvalue weighted by atomic mass is 9.85. The number of benzene rings is 1. The predicted molar refractivity (Wildman–Crippen MR) is 73.1 cm³/mol. The molecule has 1 fully saturated rings. The molecule has 0 heterocycles. The molecule has 0 bridgehead atoms. The number of rotatable bonds is 5. The molecule has 0 spiro atoms. The second-order valence-electron chi connectivity index (χ2n) is 4.93. The van der Waals surface area contributed by atoms with E-state index in [2.05, 4.69) is 58.2 Å². The van der Waals surface area contributed by atoms with Crippen molar-refractivity contribution in [2.45, 2.75) is 24.1 Å². The van der Waals surface area contributed by atoms with Crippen molar-refractivity contribution >= 4 is 15.9 Å². The maximum Gasteiger partial charge on any atom is 0.0152 e. The minimum atomic E-state index is 0.792. The van der Waals surface area contributed by atoms with Gasteiger partial charge in [0.2, 0.25) is 0 Å².